The van der Waals surface area contributed by atoms with E-state index < -0.39 is 0 Å². The standard InChI is InChI=1S/C11H13N3S2/c1-2-8-5-6-9(16-8)10-12-13-11(15)14(10)7-3-4-7/h5-7H,2-4H2,1H3,(H,13,15). The normalized spacial score (nSPS) is 15.6. The number of nitrogens with one attached hydrogen (secondary N) is 1. The van der Waals surface area contributed by atoms with Gasteiger partial charge in [0.1, 0.15) is 0 Å². The number of rotatable bonds is 3. The zero-order valence-electron chi connectivity index (χ0n) is 9.06. The molecule has 2 heterocycles. The first-order valence-corrected chi connectivity index (χ1v) is 6.78. The van der Waals surface area contributed by atoms with E-state index in [1.54, 1.807) is 0 Å². The quantitative estimate of drug-likeness (QED) is 0.846. The highest BCUT2D eigenvalue weighted by Crippen LogP contribution is 2.39. The summed E-state index contributed by atoms with van der Waals surface area (Å²) in [7, 11) is 0. The number of H-pyrrole nitrogens is 1. The maximum atomic E-state index is 5.27. The molecule has 84 valence electrons. The average molecular weight is 251 g/mol. The minimum atomic E-state index is 0.577. The minimum Gasteiger partial charge on any atom is -0.296 e. The van der Waals surface area contributed by atoms with Gasteiger partial charge < -0.3 is 0 Å². The lowest BCUT2D eigenvalue weighted by Crippen LogP contribution is -1.95. The Morgan fingerprint density at radius 2 is 2.38 bits per heavy atom. The number of aryl methyl sites for hydroxylation is 1. The highest BCUT2D eigenvalue weighted by atomic mass is 32.1. The summed E-state index contributed by atoms with van der Waals surface area (Å²) in [5.74, 6) is 1.01. The van der Waals surface area contributed by atoms with Crippen molar-refractivity contribution in [2.24, 2.45) is 0 Å². The lowest BCUT2D eigenvalue weighted by atomic mass is 10.3. The molecular weight excluding hydrogens is 238 g/mol. The third-order valence-corrected chi connectivity index (χ3v) is 4.36. The van der Waals surface area contributed by atoms with Gasteiger partial charge in [0.15, 0.2) is 10.6 Å². The van der Waals surface area contributed by atoms with Gasteiger partial charge in [0.2, 0.25) is 0 Å². The van der Waals surface area contributed by atoms with E-state index in [0.717, 1.165) is 17.0 Å². The Balaban J connectivity index is 2.08. The van der Waals surface area contributed by atoms with Gasteiger partial charge in [-0.3, -0.25) is 9.67 Å². The molecule has 5 heteroatoms. The van der Waals surface area contributed by atoms with Crippen molar-refractivity contribution in [3.05, 3.63) is 21.8 Å². The third kappa shape index (κ3) is 1.64. The Bertz CT molecular complexity index is 560. The molecule has 0 radical (unpaired) electrons. The number of aromatic amines is 1. The molecule has 0 saturated heterocycles. The van der Waals surface area contributed by atoms with Crippen LogP contribution in [0.3, 0.4) is 0 Å². The molecule has 1 saturated carbocycles. The summed E-state index contributed by atoms with van der Waals surface area (Å²) in [6.07, 6.45) is 3.54. The fourth-order valence-corrected chi connectivity index (χ4v) is 3.05. The Labute approximate surface area is 103 Å². The third-order valence-electron chi connectivity index (χ3n) is 2.85. The molecule has 0 amide bonds. The van der Waals surface area contributed by atoms with E-state index in [-0.39, 0.29) is 0 Å². The Hall–Kier alpha value is -0.940. The molecule has 2 aromatic rings. The Kier molecular flexibility index (Phi) is 2.44. The van der Waals surface area contributed by atoms with Crippen LogP contribution in [0.2, 0.25) is 0 Å². The second kappa shape index (κ2) is 3.82. The van der Waals surface area contributed by atoms with Gasteiger partial charge >= 0.3 is 0 Å². The van der Waals surface area contributed by atoms with Crippen molar-refractivity contribution in [3.63, 3.8) is 0 Å². The molecule has 0 aromatic carbocycles. The van der Waals surface area contributed by atoms with Crippen LogP contribution in [0.5, 0.6) is 0 Å². The molecule has 1 fully saturated rings. The van der Waals surface area contributed by atoms with Gasteiger partial charge in [0.25, 0.3) is 0 Å². The first-order chi connectivity index (χ1) is 7.79. The van der Waals surface area contributed by atoms with Crippen molar-refractivity contribution in [2.45, 2.75) is 32.2 Å². The number of hydrogen-bond acceptors (Lipinski definition) is 3. The first-order valence-electron chi connectivity index (χ1n) is 5.55. The summed E-state index contributed by atoms with van der Waals surface area (Å²) in [6.45, 7) is 2.17. The van der Waals surface area contributed by atoms with E-state index in [0.29, 0.717) is 6.04 Å². The smallest absolute Gasteiger partial charge is 0.195 e. The van der Waals surface area contributed by atoms with Crippen LogP contribution in [0.1, 0.15) is 30.7 Å². The molecule has 0 spiro atoms. The maximum absolute atomic E-state index is 5.27. The fraction of sp³-hybridized carbons (Fsp3) is 0.455. The molecule has 1 aliphatic rings. The summed E-state index contributed by atoms with van der Waals surface area (Å²) in [5, 5.41) is 7.26. The van der Waals surface area contributed by atoms with E-state index in [1.807, 2.05) is 11.3 Å². The van der Waals surface area contributed by atoms with Gasteiger partial charge in [-0.25, -0.2) is 0 Å². The Morgan fingerprint density at radius 3 is 3.00 bits per heavy atom. The van der Waals surface area contributed by atoms with Crippen molar-refractivity contribution >= 4 is 23.6 Å². The molecule has 0 unspecified atom stereocenters. The zero-order chi connectivity index (χ0) is 11.1. The molecule has 0 bridgehead atoms. The topological polar surface area (TPSA) is 33.6 Å². The first kappa shape index (κ1) is 10.2. The van der Waals surface area contributed by atoms with E-state index in [1.165, 1.54) is 22.6 Å². The van der Waals surface area contributed by atoms with Crippen LogP contribution in [0.25, 0.3) is 10.7 Å². The van der Waals surface area contributed by atoms with Gasteiger partial charge in [0, 0.05) is 10.9 Å². The molecule has 3 nitrogen and oxygen atoms in total. The van der Waals surface area contributed by atoms with Crippen molar-refractivity contribution in [1.29, 1.82) is 0 Å². The van der Waals surface area contributed by atoms with Crippen LogP contribution in [-0.2, 0) is 6.42 Å². The molecule has 1 N–H and O–H groups in total. The molecule has 16 heavy (non-hydrogen) atoms. The number of thiophene rings is 1. The second-order valence-corrected chi connectivity index (χ2v) is 5.63. The van der Waals surface area contributed by atoms with Crippen LogP contribution in [0.15, 0.2) is 12.1 Å². The summed E-state index contributed by atoms with van der Waals surface area (Å²) < 4.78 is 2.92. The van der Waals surface area contributed by atoms with Gasteiger partial charge in [-0.2, -0.15) is 5.10 Å². The number of aromatic nitrogens is 3. The van der Waals surface area contributed by atoms with E-state index in [2.05, 4.69) is 33.8 Å². The number of hydrogen-bond donors (Lipinski definition) is 1. The highest BCUT2D eigenvalue weighted by molar-refractivity contribution is 7.71. The number of nitrogens with zero attached hydrogens (tertiary/aromatic N) is 2. The molecule has 2 aromatic heterocycles. The predicted molar refractivity (Wildman–Crippen MR) is 68.4 cm³/mol. The van der Waals surface area contributed by atoms with Gasteiger partial charge in [-0.05, 0) is 43.6 Å². The highest BCUT2D eigenvalue weighted by Gasteiger charge is 2.28. The fourth-order valence-electron chi connectivity index (χ4n) is 1.84. The van der Waals surface area contributed by atoms with Crippen molar-refractivity contribution in [1.82, 2.24) is 14.8 Å². The van der Waals surface area contributed by atoms with Crippen LogP contribution < -0.4 is 0 Å². The van der Waals surface area contributed by atoms with E-state index in [9.17, 15) is 0 Å². The zero-order valence-corrected chi connectivity index (χ0v) is 10.7. The molecule has 3 rings (SSSR count). The monoisotopic (exact) mass is 251 g/mol. The minimum absolute atomic E-state index is 0.577. The maximum Gasteiger partial charge on any atom is 0.195 e. The summed E-state index contributed by atoms with van der Waals surface area (Å²) >= 11 is 7.08. The van der Waals surface area contributed by atoms with E-state index in [4.69, 9.17) is 12.2 Å². The predicted octanol–water partition coefficient (Wildman–Crippen LogP) is 3.57. The van der Waals surface area contributed by atoms with Crippen molar-refractivity contribution in [2.75, 3.05) is 0 Å². The van der Waals surface area contributed by atoms with Crippen LogP contribution in [-0.4, -0.2) is 14.8 Å². The van der Waals surface area contributed by atoms with Crippen LogP contribution in [0.4, 0.5) is 0 Å². The van der Waals surface area contributed by atoms with Crippen molar-refractivity contribution in [3.8, 4) is 10.7 Å². The van der Waals surface area contributed by atoms with E-state index >= 15 is 0 Å². The lowest BCUT2D eigenvalue weighted by Gasteiger charge is -2.01. The molecule has 0 atom stereocenters. The van der Waals surface area contributed by atoms with Gasteiger partial charge in [-0.15, -0.1) is 11.3 Å². The van der Waals surface area contributed by atoms with Crippen LogP contribution in [0, 0.1) is 4.77 Å². The average Bonchev–Trinajstić information content (AvgIpc) is 2.88. The summed E-state index contributed by atoms with van der Waals surface area (Å²) in [4.78, 5) is 2.61. The Morgan fingerprint density at radius 1 is 1.56 bits per heavy atom. The summed E-state index contributed by atoms with van der Waals surface area (Å²) in [6, 6.07) is 4.90. The SMILES string of the molecule is CCc1ccc(-c2n[nH]c(=S)n2C2CC2)s1. The molecule has 0 aliphatic heterocycles. The van der Waals surface area contributed by atoms with Gasteiger partial charge in [0.05, 0.1) is 4.88 Å². The van der Waals surface area contributed by atoms with Gasteiger partial charge in [-0.1, -0.05) is 6.92 Å². The second-order valence-electron chi connectivity index (χ2n) is 4.07. The summed E-state index contributed by atoms with van der Waals surface area (Å²) in [5.41, 5.74) is 0. The molecular formula is C11H13N3S2. The van der Waals surface area contributed by atoms with Crippen LogP contribution >= 0.6 is 23.6 Å². The van der Waals surface area contributed by atoms with Crippen molar-refractivity contribution < 1.29 is 0 Å². The largest absolute Gasteiger partial charge is 0.296 e. The lowest BCUT2D eigenvalue weighted by molar-refractivity contribution is 0.736. The molecule has 1 aliphatic carbocycles.